The van der Waals surface area contributed by atoms with Gasteiger partial charge in [-0.1, -0.05) is 6.92 Å². The van der Waals surface area contributed by atoms with Gasteiger partial charge in [-0.2, -0.15) is 17.7 Å². The van der Waals surface area contributed by atoms with Crippen molar-refractivity contribution >= 4 is 17.4 Å². The van der Waals surface area contributed by atoms with Crippen molar-refractivity contribution in [2.24, 2.45) is 5.92 Å². The highest BCUT2D eigenvalue weighted by atomic mass is 19.4. The number of hydrogen-bond donors (Lipinski definition) is 1. The van der Waals surface area contributed by atoms with Gasteiger partial charge in [-0.25, -0.2) is 0 Å². The van der Waals surface area contributed by atoms with Crippen LogP contribution in [-0.4, -0.2) is 50.3 Å². The van der Waals surface area contributed by atoms with Gasteiger partial charge in [0.1, 0.15) is 5.82 Å². The van der Waals surface area contributed by atoms with E-state index in [0.29, 0.717) is 29.8 Å². The first-order valence-corrected chi connectivity index (χ1v) is 7.66. The molecule has 0 aliphatic carbocycles. The van der Waals surface area contributed by atoms with Crippen LogP contribution in [0.25, 0.3) is 5.65 Å². The van der Waals surface area contributed by atoms with Crippen LogP contribution in [0.15, 0.2) is 12.1 Å². The van der Waals surface area contributed by atoms with Crippen molar-refractivity contribution in [3.8, 4) is 0 Å². The van der Waals surface area contributed by atoms with E-state index in [0.717, 1.165) is 13.0 Å². The smallest absolute Gasteiger partial charge is 0.368 e. The molecule has 130 valence electrons. The molecule has 1 atom stereocenters. The fourth-order valence-electron chi connectivity index (χ4n) is 2.68. The number of carbonyl (C=O) groups is 1. The lowest BCUT2D eigenvalue weighted by Crippen LogP contribution is -2.32. The Kier molecular flexibility index (Phi) is 4.29. The zero-order valence-corrected chi connectivity index (χ0v) is 13.0. The SMILES string of the molecule is CC(CNc1ccc2nnc(C(F)(F)F)n2n1)CN1CCCC1=O. The molecule has 7 nitrogen and oxygen atoms in total. The number of anilines is 1. The molecule has 0 spiro atoms. The molecule has 3 heterocycles. The Hall–Kier alpha value is -2.39. The van der Waals surface area contributed by atoms with Crippen molar-refractivity contribution in [2.75, 3.05) is 25.0 Å². The van der Waals surface area contributed by atoms with Gasteiger partial charge in [0.2, 0.25) is 5.91 Å². The van der Waals surface area contributed by atoms with E-state index < -0.39 is 12.0 Å². The minimum absolute atomic E-state index is 0.0311. The monoisotopic (exact) mass is 342 g/mol. The molecule has 1 amide bonds. The second kappa shape index (κ2) is 6.25. The average molecular weight is 342 g/mol. The number of carbonyl (C=O) groups excluding carboxylic acids is 1. The lowest BCUT2D eigenvalue weighted by molar-refractivity contribution is -0.146. The molecule has 1 unspecified atom stereocenters. The molecule has 24 heavy (non-hydrogen) atoms. The minimum Gasteiger partial charge on any atom is -0.368 e. The van der Waals surface area contributed by atoms with Crippen LogP contribution >= 0.6 is 0 Å². The number of fused-ring (bicyclic) bond motifs is 1. The predicted molar refractivity (Wildman–Crippen MR) is 79.3 cm³/mol. The summed E-state index contributed by atoms with van der Waals surface area (Å²) in [5.74, 6) is -0.558. The minimum atomic E-state index is -4.62. The Morgan fingerprint density at radius 2 is 2.12 bits per heavy atom. The first-order valence-electron chi connectivity index (χ1n) is 7.66. The van der Waals surface area contributed by atoms with Crippen molar-refractivity contribution in [3.63, 3.8) is 0 Å². The summed E-state index contributed by atoms with van der Waals surface area (Å²) in [5, 5.41) is 13.5. The number of hydrogen-bond acceptors (Lipinski definition) is 5. The molecule has 0 saturated carbocycles. The van der Waals surface area contributed by atoms with Gasteiger partial charge >= 0.3 is 6.18 Å². The molecule has 3 rings (SSSR count). The van der Waals surface area contributed by atoms with Crippen LogP contribution in [0.1, 0.15) is 25.6 Å². The van der Waals surface area contributed by atoms with Crippen LogP contribution in [0, 0.1) is 5.92 Å². The number of nitrogens with zero attached hydrogens (tertiary/aromatic N) is 5. The van der Waals surface area contributed by atoms with Gasteiger partial charge in [-0.05, 0) is 24.5 Å². The predicted octanol–water partition coefficient (Wildman–Crippen LogP) is 1.81. The third-order valence-electron chi connectivity index (χ3n) is 3.85. The summed E-state index contributed by atoms with van der Waals surface area (Å²) in [6.45, 7) is 3.85. The molecule has 10 heteroatoms. The number of alkyl halides is 3. The van der Waals surface area contributed by atoms with Gasteiger partial charge in [0.05, 0.1) is 0 Å². The molecule has 2 aromatic rings. The summed E-state index contributed by atoms with van der Waals surface area (Å²) in [4.78, 5) is 13.4. The zero-order chi connectivity index (χ0) is 17.3. The largest absolute Gasteiger partial charge is 0.453 e. The highest BCUT2D eigenvalue weighted by Gasteiger charge is 2.37. The Labute approximate surface area is 135 Å². The van der Waals surface area contributed by atoms with E-state index in [1.807, 2.05) is 11.8 Å². The standard InChI is InChI=1S/C14H17F3N6O/c1-9(8-22-6-2-3-12(22)24)7-18-10-4-5-11-19-20-13(14(15,16)17)23(11)21-10/h4-5,9H,2-3,6-8H2,1H3,(H,18,21). The number of halogens is 3. The number of aromatic nitrogens is 4. The molecule has 1 saturated heterocycles. The normalized spacial score (nSPS) is 16.8. The van der Waals surface area contributed by atoms with Crippen molar-refractivity contribution in [3.05, 3.63) is 18.0 Å². The van der Waals surface area contributed by atoms with E-state index in [2.05, 4.69) is 20.6 Å². The van der Waals surface area contributed by atoms with E-state index >= 15 is 0 Å². The van der Waals surface area contributed by atoms with Gasteiger partial charge < -0.3 is 10.2 Å². The van der Waals surface area contributed by atoms with Crippen molar-refractivity contribution < 1.29 is 18.0 Å². The van der Waals surface area contributed by atoms with Crippen LogP contribution in [0.2, 0.25) is 0 Å². The van der Waals surface area contributed by atoms with Crippen LogP contribution in [0.3, 0.4) is 0 Å². The van der Waals surface area contributed by atoms with Gasteiger partial charge in [0.15, 0.2) is 5.65 Å². The van der Waals surface area contributed by atoms with Crippen molar-refractivity contribution in [1.29, 1.82) is 0 Å². The van der Waals surface area contributed by atoms with Gasteiger partial charge in [0.25, 0.3) is 5.82 Å². The highest BCUT2D eigenvalue weighted by Crippen LogP contribution is 2.27. The van der Waals surface area contributed by atoms with Crippen LogP contribution < -0.4 is 5.32 Å². The zero-order valence-electron chi connectivity index (χ0n) is 13.0. The third kappa shape index (κ3) is 3.41. The number of likely N-dealkylation sites (tertiary alicyclic amines) is 1. The number of nitrogens with one attached hydrogen (secondary N) is 1. The van der Waals surface area contributed by atoms with Crippen LogP contribution in [0.5, 0.6) is 0 Å². The molecule has 2 aromatic heterocycles. The second-order valence-electron chi connectivity index (χ2n) is 5.94. The molecule has 1 N–H and O–H groups in total. The third-order valence-corrected chi connectivity index (χ3v) is 3.85. The fraction of sp³-hybridized carbons (Fsp3) is 0.571. The summed E-state index contributed by atoms with van der Waals surface area (Å²) < 4.78 is 39.2. The van der Waals surface area contributed by atoms with E-state index in [9.17, 15) is 18.0 Å². The number of amides is 1. The molecule has 0 radical (unpaired) electrons. The molecular weight excluding hydrogens is 325 g/mol. The quantitative estimate of drug-likeness (QED) is 0.897. The van der Waals surface area contributed by atoms with Crippen molar-refractivity contribution in [1.82, 2.24) is 24.7 Å². The summed E-state index contributed by atoms with van der Waals surface area (Å²) in [5.41, 5.74) is 0.0311. The van der Waals surface area contributed by atoms with Crippen molar-refractivity contribution in [2.45, 2.75) is 25.9 Å². The maximum atomic E-state index is 12.8. The van der Waals surface area contributed by atoms with E-state index in [1.54, 1.807) is 6.07 Å². The fourth-order valence-corrected chi connectivity index (χ4v) is 2.68. The summed E-state index contributed by atoms with van der Waals surface area (Å²) in [7, 11) is 0. The average Bonchev–Trinajstić information content (AvgIpc) is 3.11. The first kappa shape index (κ1) is 16.5. The van der Waals surface area contributed by atoms with Crippen LogP contribution in [0.4, 0.5) is 19.0 Å². The highest BCUT2D eigenvalue weighted by molar-refractivity contribution is 5.78. The first-order chi connectivity index (χ1) is 11.3. The lowest BCUT2D eigenvalue weighted by Gasteiger charge is -2.21. The Balaban J connectivity index is 1.65. The molecule has 1 fully saturated rings. The molecule has 1 aliphatic rings. The Bertz CT molecular complexity index is 744. The molecular formula is C14H17F3N6O. The maximum absolute atomic E-state index is 12.8. The topological polar surface area (TPSA) is 75.4 Å². The van der Waals surface area contributed by atoms with Gasteiger partial charge in [0, 0.05) is 26.1 Å². The number of rotatable bonds is 5. The summed E-state index contributed by atoms with van der Waals surface area (Å²) in [6, 6.07) is 2.98. The Morgan fingerprint density at radius 1 is 1.33 bits per heavy atom. The maximum Gasteiger partial charge on any atom is 0.453 e. The molecule has 0 bridgehead atoms. The van der Waals surface area contributed by atoms with E-state index in [-0.39, 0.29) is 17.5 Å². The van der Waals surface area contributed by atoms with E-state index in [1.165, 1.54) is 6.07 Å². The Morgan fingerprint density at radius 3 is 2.79 bits per heavy atom. The van der Waals surface area contributed by atoms with Crippen LogP contribution in [-0.2, 0) is 11.0 Å². The van der Waals surface area contributed by atoms with Gasteiger partial charge in [-0.3, -0.25) is 4.79 Å². The summed E-state index contributed by atoms with van der Waals surface area (Å²) in [6.07, 6.45) is -3.15. The molecule has 1 aliphatic heterocycles. The second-order valence-corrected chi connectivity index (χ2v) is 5.94. The molecule has 0 aromatic carbocycles. The lowest BCUT2D eigenvalue weighted by atomic mass is 10.1. The van der Waals surface area contributed by atoms with Gasteiger partial charge in [-0.15, -0.1) is 15.3 Å². The van der Waals surface area contributed by atoms with E-state index in [4.69, 9.17) is 0 Å². The summed E-state index contributed by atoms with van der Waals surface area (Å²) >= 11 is 0.